The van der Waals surface area contributed by atoms with Gasteiger partial charge in [0, 0.05) is 17.2 Å². The molecule has 1 fully saturated rings. The van der Waals surface area contributed by atoms with Gasteiger partial charge in [0.1, 0.15) is 11.7 Å². The SMILES string of the molecule is C[C@H]1OCCN(C(=O)c2ccc(Br)cn2)[C@@H]1C(N)=O. The molecule has 0 radical (unpaired) electrons. The van der Waals surface area contributed by atoms with Crippen molar-refractivity contribution in [3.8, 4) is 0 Å². The fourth-order valence-electron chi connectivity index (χ4n) is 2.08. The number of amides is 2. The molecule has 0 aromatic carbocycles. The molecular weight excluding hydrogens is 314 g/mol. The summed E-state index contributed by atoms with van der Waals surface area (Å²) in [5, 5.41) is 0. The number of nitrogens with two attached hydrogens (primary N) is 1. The molecule has 19 heavy (non-hydrogen) atoms. The van der Waals surface area contributed by atoms with Crippen molar-refractivity contribution in [2.75, 3.05) is 13.2 Å². The number of aromatic nitrogens is 1. The average Bonchev–Trinajstić information content (AvgIpc) is 2.38. The van der Waals surface area contributed by atoms with Gasteiger partial charge in [-0.3, -0.25) is 9.59 Å². The van der Waals surface area contributed by atoms with Crippen molar-refractivity contribution in [3.05, 3.63) is 28.5 Å². The van der Waals surface area contributed by atoms with E-state index < -0.39 is 18.1 Å². The maximum atomic E-state index is 12.4. The number of ether oxygens (including phenoxy) is 1. The van der Waals surface area contributed by atoms with E-state index in [1.54, 1.807) is 19.1 Å². The minimum absolute atomic E-state index is 0.281. The number of morpholine rings is 1. The third-order valence-electron chi connectivity index (χ3n) is 2.99. The van der Waals surface area contributed by atoms with Gasteiger partial charge in [-0.15, -0.1) is 0 Å². The molecule has 2 amide bonds. The summed E-state index contributed by atoms with van der Waals surface area (Å²) in [5.41, 5.74) is 5.63. The molecule has 1 aliphatic heterocycles. The van der Waals surface area contributed by atoms with Gasteiger partial charge in [-0.25, -0.2) is 4.98 Å². The third-order valence-corrected chi connectivity index (χ3v) is 3.46. The molecule has 102 valence electrons. The largest absolute Gasteiger partial charge is 0.374 e. The molecule has 2 heterocycles. The second kappa shape index (κ2) is 5.66. The second-order valence-electron chi connectivity index (χ2n) is 4.28. The molecule has 0 bridgehead atoms. The molecule has 2 rings (SSSR count). The van der Waals surface area contributed by atoms with Gasteiger partial charge in [-0.2, -0.15) is 0 Å². The summed E-state index contributed by atoms with van der Waals surface area (Å²) >= 11 is 3.25. The van der Waals surface area contributed by atoms with Crippen LogP contribution in [0.2, 0.25) is 0 Å². The Balaban J connectivity index is 2.25. The lowest BCUT2D eigenvalue weighted by Crippen LogP contribution is -2.58. The number of primary amides is 1. The third kappa shape index (κ3) is 2.93. The molecular formula is C12H14BrN3O3. The van der Waals surface area contributed by atoms with Crippen LogP contribution in [0.4, 0.5) is 0 Å². The van der Waals surface area contributed by atoms with Crippen molar-refractivity contribution in [1.82, 2.24) is 9.88 Å². The number of pyridine rings is 1. The van der Waals surface area contributed by atoms with E-state index in [-0.39, 0.29) is 11.6 Å². The van der Waals surface area contributed by atoms with E-state index >= 15 is 0 Å². The zero-order valence-corrected chi connectivity index (χ0v) is 12.0. The Bertz CT molecular complexity index is 491. The summed E-state index contributed by atoms with van der Waals surface area (Å²) in [5.74, 6) is -0.885. The minimum Gasteiger partial charge on any atom is -0.374 e. The Morgan fingerprint density at radius 3 is 2.84 bits per heavy atom. The van der Waals surface area contributed by atoms with Crippen LogP contribution in [0.3, 0.4) is 0 Å². The smallest absolute Gasteiger partial charge is 0.273 e. The van der Waals surface area contributed by atoms with E-state index in [4.69, 9.17) is 10.5 Å². The topological polar surface area (TPSA) is 85.5 Å². The van der Waals surface area contributed by atoms with Gasteiger partial charge in [-0.1, -0.05) is 0 Å². The van der Waals surface area contributed by atoms with Gasteiger partial charge in [0.2, 0.25) is 5.91 Å². The van der Waals surface area contributed by atoms with Crippen LogP contribution < -0.4 is 5.73 Å². The second-order valence-corrected chi connectivity index (χ2v) is 5.20. The molecule has 7 heteroatoms. The first-order valence-corrected chi connectivity index (χ1v) is 6.63. The Labute approximate surface area is 119 Å². The van der Waals surface area contributed by atoms with Crippen LogP contribution in [0.15, 0.2) is 22.8 Å². The van der Waals surface area contributed by atoms with Crippen molar-refractivity contribution in [3.63, 3.8) is 0 Å². The highest BCUT2D eigenvalue weighted by Crippen LogP contribution is 2.17. The Hall–Kier alpha value is -1.47. The van der Waals surface area contributed by atoms with Gasteiger partial charge < -0.3 is 15.4 Å². The fraction of sp³-hybridized carbons (Fsp3) is 0.417. The molecule has 0 spiro atoms. The molecule has 6 nitrogen and oxygen atoms in total. The Morgan fingerprint density at radius 1 is 1.53 bits per heavy atom. The summed E-state index contributed by atoms with van der Waals surface area (Å²) in [7, 11) is 0. The van der Waals surface area contributed by atoms with Crippen molar-refractivity contribution < 1.29 is 14.3 Å². The van der Waals surface area contributed by atoms with E-state index in [0.717, 1.165) is 4.47 Å². The average molecular weight is 328 g/mol. The maximum Gasteiger partial charge on any atom is 0.273 e. The predicted molar refractivity (Wildman–Crippen MR) is 71.4 cm³/mol. The molecule has 1 aromatic heterocycles. The molecule has 2 N–H and O–H groups in total. The highest BCUT2D eigenvalue weighted by Gasteiger charge is 2.37. The van der Waals surface area contributed by atoms with Crippen molar-refractivity contribution in [1.29, 1.82) is 0 Å². The summed E-state index contributed by atoms with van der Waals surface area (Å²) in [6, 6.07) is 2.57. The van der Waals surface area contributed by atoms with E-state index in [1.165, 1.54) is 11.1 Å². The zero-order valence-electron chi connectivity index (χ0n) is 10.4. The quantitative estimate of drug-likeness (QED) is 0.859. The number of hydrogen-bond acceptors (Lipinski definition) is 4. The van der Waals surface area contributed by atoms with Crippen LogP contribution in [0.1, 0.15) is 17.4 Å². The van der Waals surface area contributed by atoms with Crippen LogP contribution in [-0.4, -0.2) is 47.0 Å². The number of nitrogens with zero attached hydrogens (tertiary/aromatic N) is 2. The first-order chi connectivity index (χ1) is 9.00. The van der Waals surface area contributed by atoms with Crippen LogP contribution in [-0.2, 0) is 9.53 Å². The lowest BCUT2D eigenvalue weighted by Gasteiger charge is -2.37. The Morgan fingerprint density at radius 2 is 2.26 bits per heavy atom. The first kappa shape index (κ1) is 14.0. The summed E-state index contributed by atoms with van der Waals surface area (Å²) in [6.45, 7) is 2.44. The highest BCUT2D eigenvalue weighted by molar-refractivity contribution is 9.10. The standard InChI is InChI=1S/C12H14BrN3O3/c1-7-10(11(14)17)16(4-5-19-7)12(18)9-3-2-8(13)6-15-9/h2-3,6-7,10H,4-5H2,1H3,(H2,14,17)/t7-,10+/m1/s1. The van der Waals surface area contributed by atoms with Gasteiger partial charge in [-0.05, 0) is 35.0 Å². The molecule has 1 saturated heterocycles. The fourth-order valence-corrected chi connectivity index (χ4v) is 2.32. The van der Waals surface area contributed by atoms with Crippen LogP contribution in [0, 0.1) is 0 Å². The normalized spacial score (nSPS) is 23.2. The van der Waals surface area contributed by atoms with Crippen LogP contribution in [0.25, 0.3) is 0 Å². The molecule has 0 aliphatic carbocycles. The van der Waals surface area contributed by atoms with Gasteiger partial charge in [0.25, 0.3) is 5.91 Å². The van der Waals surface area contributed by atoms with Crippen molar-refractivity contribution in [2.45, 2.75) is 19.1 Å². The highest BCUT2D eigenvalue weighted by atomic mass is 79.9. The molecule has 0 unspecified atom stereocenters. The maximum absolute atomic E-state index is 12.4. The van der Waals surface area contributed by atoms with Gasteiger partial charge >= 0.3 is 0 Å². The number of hydrogen-bond donors (Lipinski definition) is 1. The number of carbonyl (C=O) groups is 2. The Kier molecular flexibility index (Phi) is 4.16. The van der Waals surface area contributed by atoms with E-state index in [9.17, 15) is 9.59 Å². The summed E-state index contributed by atoms with van der Waals surface area (Å²) in [4.78, 5) is 29.3. The number of carbonyl (C=O) groups excluding carboxylic acids is 2. The molecule has 0 saturated carbocycles. The van der Waals surface area contributed by atoms with Gasteiger partial charge in [0.05, 0.1) is 12.7 Å². The minimum atomic E-state index is -0.758. The van der Waals surface area contributed by atoms with Gasteiger partial charge in [0.15, 0.2) is 0 Å². The summed E-state index contributed by atoms with van der Waals surface area (Å²) in [6.07, 6.45) is 1.13. The van der Waals surface area contributed by atoms with E-state index in [1.807, 2.05) is 0 Å². The molecule has 1 aliphatic rings. The van der Waals surface area contributed by atoms with Crippen molar-refractivity contribution >= 4 is 27.7 Å². The van der Waals surface area contributed by atoms with E-state index in [0.29, 0.717) is 13.2 Å². The lowest BCUT2D eigenvalue weighted by molar-refractivity contribution is -0.132. The van der Waals surface area contributed by atoms with Crippen molar-refractivity contribution in [2.24, 2.45) is 5.73 Å². The first-order valence-electron chi connectivity index (χ1n) is 5.84. The lowest BCUT2D eigenvalue weighted by atomic mass is 10.1. The number of rotatable bonds is 2. The molecule has 1 aromatic rings. The van der Waals surface area contributed by atoms with Crippen LogP contribution in [0.5, 0.6) is 0 Å². The zero-order chi connectivity index (χ0) is 14.0. The monoisotopic (exact) mass is 327 g/mol. The molecule has 2 atom stereocenters. The summed E-state index contributed by atoms with van der Waals surface area (Å²) < 4.78 is 6.15. The van der Waals surface area contributed by atoms with Crippen LogP contribution >= 0.6 is 15.9 Å². The van der Waals surface area contributed by atoms with E-state index in [2.05, 4.69) is 20.9 Å². The number of halogens is 1. The predicted octanol–water partition coefficient (Wildman–Crippen LogP) is 0.559.